The summed E-state index contributed by atoms with van der Waals surface area (Å²) in [6.45, 7) is 5.37. The van der Waals surface area contributed by atoms with E-state index in [0.29, 0.717) is 16.6 Å². The number of nitrogens with two attached hydrogens (primary N) is 1. The first-order valence-electron chi connectivity index (χ1n) is 4.97. The van der Waals surface area contributed by atoms with Crippen molar-refractivity contribution in [2.75, 3.05) is 18.5 Å². The van der Waals surface area contributed by atoms with Crippen LogP contribution >= 0.6 is 12.2 Å². The van der Waals surface area contributed by atoms with Crippen LogP contribution in [0, 0.1) is 5.92 Å². The minimum atomic E-state index is 0.342. The van der Waals surface area contributed by atoms with E-state index in [-0.39, 0.29) is 0 Å². The molecular formula is C11H17N3S. The van der Waals surface area contributed by atoms with Gasteiger partial charge in [-0.2, -0.15) is 0 Å². The minimum absolute atomic E-state index is 0.342. The normalized spacial score (nSPS) is 10.4. The largest absolute Gasteiger partial charge is 0.388 e. The average Bonchev–Trinajstić information content (AvgIpc) is 2.17. The van der Waals surface area contributed by atoms with E-state index < -0.39 is 0 Å². The van der Waals surface area contributed by atoms with E-state index in [9.17, 15) is 0 Å². The molecule has 0 spiro atoms. The van der Waals surface area contributed by atoms with Gasteiger partial charge in [-0.05, 0) is 18.1 Å². The average molecular weight is 223 g/mol. The van der Waals surface area contributed by atoms with Gasteiger partial charge in [0.25, 0.3) is 0 Å². The predicted octanol–water partition coefficient (Wildman–Crippen LogP) is 1.81. The van der Waals surface area contributed by atoms with Crippen LogP contribution in [0.15, 0.2) is 18.3 Å². The zero-order chi connectivity index (χ0) is 11.4. The van der Waals surface area contributed by atoms with Gasteiger partial charge in [0, 0.05) is 25.5 Å². The smallest absolute Gasteiger partial charge is 0.122 e. The number of anilines is 1. The molecule has 0 aliphatic rings. The first-order valence-corrected chi connectivity index (χ1v) is 5.38. The summed E-state index contributed by atoms with van der Waals surface area (Å²) in [6.07, 6.45) is 1.74. The molecule has 0 radical (unpaired) electrons. The van der Waals surface area contributed by atoms with Gasteiger partial charge in [0.05, 0.1) is 5.69 Å². The van der Waals surface area contributed by atoms with Crippen molar-refractivity contribution < 1.29 is 0 Å². The lowest BCUT2D eigenvalue weighted by atomic mass is 10.2. The van der Waals surface area contributed by atoms with Crippen LogP contribution in [0.4, 0.5) is 5.69 Å². The van der Waals surface area contributed by atoms with E-state index in [4.69, 9.17) is 18.0 Å². The maximum atomic E-state index is 5.53. The fraction of sp³-hybridized carbons (Fsp3) is 0.455. The molecule has 2 N–H and O–H groups in total. The Bertz CT molecular complexity index is 349. The highest BCUT2D eigenvalue weighted by molar-refractivity contribution is 7.80. The molecule has 0 unspecified atom stereocenters. The van der Waals surface area contributed by atoms with Crippen LogP contribution < -0.4 is 10.6 Å². The molecule has 0 atom stereocenters. The highest BCUT2D eigenvalue weighted by Gasteiger charge is 2.05. The molecule has 0 aliphatic carbocycles. The maximum absolute atomic E-state index is 5.53. The molecule has 4 heteroatoms. The number of nitrogens with zero attached hydrogens (tertiary/aromatic N) is 2. The Morgan fingerprint density at radius 1 is 1.60 bits per heavy atom. The Balaban J connectivity index is 2.85. The molecule has 82 valence electrons. The molecule has 15 heavy (non-hydrogen) atoms. The Morgan fingerprint density at radius 3 is 2.80 bits per heavy atom. The lowest BCUT2D eigenvalue weighted by Crippen LogP contribution is -2.23. The molecule has 0 bridgehead atoms. The van der Waals surface area contributed by atoms with Crippen molar-refractivity contribution in [3.8, 4) is 0 Å². The molecule has 0 amide bonds. The molecule has 3 nitrogen and oxygen atoms in total. The van der Waals surface area contributed by atoms with Crippen LogP contribution in [0.1, 0.15) is 19.5 Å². The van der Waals surface area contributed by atoms with Gasteiger partial charge in [-0.3, -0.25) is 4.98 Å². The van der Waals surface area contributed by atoms with Gasteiger partial charge >= 0.3 is 0 Å². The predicted molar refractivity (Wildman–Crippen MR) is 68.2 cm³/mol. The Morgan fingerprint density at radius 2 is 2.27 bits per heavy atom. The summed E-state index contributed by atoms with van der Waals surface area (Å²) in [5.74, 6) is 0.622. The third kappa shape index (κ3) is 3.47. The van der Waals surface area contributed by atoms with Crippen LogP contribution in [0.2, 0.25) is 0 Å². The Hall–Kier alpha value is -1.16. The second-order valence-corrected chi connectivity index (χ2v) is 4.48. The zero-order valence-corrected chi connectivity index (χ0v) is 10.2. The van der Waals surface area contributed by atoms with Crippen LogP contribution in [0.5, 0.6) is 0 Å². The molecule has 1 aromatic heterocycles. The summed E-state index contributed by atoms with van der Waals surface area (Å²) < 4.78 is 0. The van der Waals surface area contributed by atoms with Gasteiger partial charge in [-0.1, -0.05) is 26.1 Å². The monoisotopic (exact) mass is 223 g/mol. The zero-order valence-electron chi connectivity index (χ0n) is 9.40. The summed E-state index contributed by atoms with van der Waals surface area (Å²) >= 11 is 4.89. The van der Waals surface area contributed by atoms with Crippen LogP contribution in [-0.2, 0) is 0 Å². The minimum Gasteiger partial charge on any atom is -0.388 e. The number of aromatic nitrogens is 1. The first-order chi connectivity index (χ1) is 7.00. The van der Waals surface area contributed by atoms with Crippen molar-refractivity contribution in [3.63, 3.8) is 0 Å². The number of hydrogen-bond acceptors (Lipinski definition) is 3. The second-order valence-electron chi connectivity index (χ2n) is 4.04. The van der Waals surface area contributed by atoms with E-state index in [2.05, 4.69) is 30.8 Å². The highest BCUT2D eigenvalue weighted by Crippen LogP contribution is 2.14. The van der Waals surface area contributed by atoms with Crippen LogP contribution in [0.25, 0.3) is 0 Å². The third-order valence-corrected chi connectivity index (χ3v) is 2.28. The van der Waals surface area contributed by atoms with E-state index >= 15 is 0 Å². The van der Waals surface area contributed by atoms with Gasteiger partial charge in [0.15, 0.2) is 0 Å². The number of rotatable bonds is 4. The van der Waals surface area contributed by atoms with Crippen molar-refractivity contribution in [1.82, 2.24) is 4.98 Å². The van der Waals surface area contributed by atoms with Crippen molar-refractivity contribution in [1.29, 1.82) is 0 Å². The summed E-state index contributed by atoms with van der Waals surface area (Å²) in [5, 5.41) is 0. The molecule has 0 saturated carbocycles. The maximum Gasteiger partial charge on any atom is 0.122 e. The number of hydrogen-bond donors (Lipinski definition) is 1. The molecule has 1 rings (SSSR count). The standard InChI is InChI=1S/C11H17N3S/c1-8(2)7-14(3)9-4-5-13-10(6-9)11(12)15/h4-6,8H,7H2,1-3H3,(H2,12,15). The third-order valence-electron chi connectivity index (χ3n) is 2.08. The summed E-state index contributed by atoms with van der Waals surface area (Å²) in [4.78, 5) is 6.62. The number of pyridine rings is 1. The molecule has 0 saturated heterocycles. The van der Waals surface area contributed by atoms with Crippen molar-refractivity contribution in [3.05, 3.63) is 24.0 Å². The van der Waals surface area contributed by atoms with Crippen molar-refractivity contribution in [2.24, 2.45) is 11.7 Å². The topological polar surface area (TPSA) is 42.2 Å². The lowest BCUT2D eigenvalue weighted by Gasteiger charge is -2.21. The van der Waals surface area contributed by atoms with Gasteiger partial charge in [-0.25, -0.2) is 0 Å². The fourth-order valence-corrected chi connectivity index (χ4v) is 1.56. The van der Waals surface area contributed by atoms with E-state index in [0.717, 1.165) is 12.2 Å². The van der Waals surface area contributed by atoms with Gasteiger partial charge in [0.2, 0.25) is 0 Å². The van der Waals surface area contributed by atoms with Gasteiger partial charge < -0.3 is 10.6 Å². The Labute approximate surface area is 96.3 Å². The molecule has 1 aromatic rings. The lowest BCUT2D eigenvalue weighted by molar-refractivity contribution is 0.638. The second kappa shape index (κ2) is 5.07. The van der Waals surface area contributed by atoms with E-state index in [1.165, 1.54) is 0 Å². The van der Waals surface area contributed by atoms with E-state index in [1.54, 1.807) is 6.20 Å². The SMILES string of the molecule is CC(C)CN(C)c1ccnc(C(N)=S)c1. The summed E-state index contributed by atoms with van der Waals surface area (Å²) in [6, 6.07) is 3.88. The molecule has 0 aliphatic heterocycles. The molecule has 0 fully saturated rings. The molecule has 1 heterocycles. The molecular weight excluding hydrogens is 206 g/mol. The van der Waals surface area contributed by atoms with Gasteiger partial charge in [0.1, 0.15) is 4.99 Å². The van der Waals surface area contributed by atoms with Crippen LogP contribution in [-0.4, -0.2) is 23.6 Å². The van der Waals surface area contributed by atoms with E-state index in [1.807, 2.05) is 12.1 Å². The first kappa shape index (κ1) is 11.9. The Kier molecular flexibility index (Phi) is 4.03. The van der Waals surface area contributed by atoms with Crippen LogP contribution in [0.3, 0.4) is 0 Å². The highest BCUT2D eigenvalue weighted by atomic mass is 32.1. The fourth-order valence-electron chi connectivity index (χ4n) is 1.44. The van der Waals surface area contributed by atoms with Crippen molar-refractivity contribution in [2.45, 2.75) is 13.8 Å². The molecule has 0 aromatic carbocycles. The quantitative estimate of drug-likeness (QED) is 0.790. The summed E-state index contributed by atoms with van der Waals surface area (Å²) in [5.41, 5.74) is 7.31. The van der Waals surface area contributed by atoms with Crippen molar-refractivity contribution >= 4 is 22.9 Å². The summed E-state index contributed by atoms with van der Waals surface area (Å²) in [7, 11) is 2.05. The van der Waals surface area contributed by atoms with Gasteiger partial charge in [-0.15, -0.1) is 0 Å². The number of thiocarbonyl (C=S) groups is 1.